The summed E-state index contributed by atoms with van der Waals surface area (Å²) >= 11 is 0. The molecule has 8 heteroatoms. The van der Waals surface area contributed by atoms with Gasteiger partial charge in [0.25, 0.3) is 0 Å². The van der Waals surface area contributed by atoms with Gasteiger partial charge in [0.15, 0.2) is 11.9 Å². The van der Waals surface area contributed by atoms with Gasteiger partial charge in [0.05, 0.1) is 6.61 Å². The Balaban J connectivity index is 1.39. The minimum atomic E-state index is -0.926. The monoisotopic (exact) mass is 464 g/mol. The molecule has 1 aromatic heterocycles. The van der Waals surface area contributed by atoms with Crippen LogP contribution in [0.5, 0.6) is 0 Å². The van der Waals surface area contributed by atoms with Crippen LogP contribution in [0.3, 0.4) is 0 Å². The van der Waals surface area contributed by atoms with Crippen molar-refractivity contribution >= 4 is 17.7 Å². The highest BCUT2D eigenvalue weighted by molar-refractivity contribution is 5.90. The molecule has 1 amide bonds. The topological polar surface area (TPSA) is 111 Å². The molecule has 2 N–H and O–H groups in total. The molecule has 1 saturated carbocycles. The van der Waals surface area contributed by atoms with E-state index in [-0.39, 0.29) is 6.61 Å². The Labute approximate surface area is 197 Å². The molecule has 8 nitrogen and oxygen atoms in total. The Bertz CT molecular complexity index is 1120. The number of nitrogens with zero attached hydrogens (tertiary/aromatic N) is 1. The number of rotatable bonds is 10. The van der Waals surface area contributed by atoms with Gasteiger partial charge in [-0.3, -0.25) is 5.32 Å². The SMILES string of the molecule is Cc1noc(-c2ccc(CO[C@H](CC3CC3)C(=O)O)cc2)c1NC(=O)O[C@H](C)c1ccccc1. The Morgan fingerprint density at radius 2 is 1.85 bits per heavy atom. The van der Waals surface area contributed by atoms with Crippen LogP contribution in [0.1, 0.15) is 49.1 Å². The summed E-state index contributed by atoms with van der Waals surface area (Å²) in [6.45, 7) is 3.74. The minimum Gasteiger partial charge on any atom is -0.479 e. The van der Waals surface area contributed by atoms with Crippen LogP contribution < -0.4 is 5.32 Å². The molecule has 0 saturated heterocycles. The van der Waals surface area contributed by atoms with Crippen LogP contribution in [-0.4, -0.2) is 28.4 Å². The first-order valence-electron chi connectivity index (χ1n) is 11.3. The molecular weight excluding hydrogens is 436 g/mol. The number of carboxylic acid groups (broad SMARTS) is 1. The van der Waals surface area contributed by atoms with Gasteiger partial charge >= 0.3 is 12.1 Å². The van der Waals surface area contributed by atoms with E-state index in [9.17, 15) is 14.7 Å². The summed E-state index contributed by atoms with van der Waals surface area (Å²) in [4.78, 5) is 23.9. The Hall–Kier alpha value is -3.65. The summed E-state index contributed by atoms with van der Waals surface area (Å²) in [6.07, 6.45) is 0.895. The Kier molecular flexibility index (Phi) is 7.27. The van der Waals surface area contributed by atoms with Gasteiger partial charge < -0.3 is 19.1 Å². The van der Waals surface area contributed by atoms with Gasteiger partial charge in [-0.05, 0) is 37.3 Å². The van der Waals surface area contributed by atoms with E-state index in [2.05, 4.69) is 10.5 Å². The molecule has 1 heterocycles. The zero-order valence-corrected chi connectivity index (χ0v) is 19.2. The fourth-order valence-electron chi connectivity index (χ4n) is 3.64. The quantitative estimate of drug-likeness (QED) is 0.394. The molecule has 0 spiro atoms. The second-order valence-corrected chi connectivity index (χ2v) is 8.57. The van der Waals surface area contributed by atoms with Crippen LogP contribution in [0.4, 0.5) is 10.5 Å². The second-order valence-electron chi connectivity index (χ2n) is 8.57. The maximum Gasteiger partial charge on any atom is 0.412 e. The third kappa shape index (κ3) is 6.02. The number of aromatic nitrogens is 1. The number of hydrogen-bond acceptors (Lipinski definition) is 6. The molecule has 1 aliphatic carbocycles. The van der Waals surface area contributed by atoms with E-state index < -0.39 is 24.3 Å². The average Bonchev–Trinajstić information content (AvgIpc) is 3.59. The van der Waals surface area contributed by atoms with Gasteiger partial charge in [-0.2, -0.15) is 0 Å². The lowest BCUT2D eigenvalue weighted by atomic mass is 10.1. The third-order valence-corrected chi connectivity index (χ3v) is 5.83. The normalized spacial score (nSPS) is 14.9. The number of hydrogen-bond donors (Lipinski definition) is 2. The van der Waals surface area contributed by atoms with Crippen LogP contribution in [0.15, 0.2) is 59.1 Å². The number of carbonyl (C=O) groups excluding carboxylic acids is 1. The lowest BCUT2D eigenvalue weighted by molar-refractivity contribution is -0.152. The van der Waals surface area contributed by atoms with Crippen molar-refractivity contribution in [1.29, 1.82) is 0 Å². The van der Waals surface area contributed by atoms with Gasteiger partial charge in [-0.15, -0.1) is 0 Å². The van der Waals surface area contributed by atoms with Crippen molar-refractivity contribution in [1.82, 2.24) is 5.16 Å². The first-order valence-corrected chi connectivity index (χ1v) is 11.3. The highest BCUT2D eigenvalue weighted by atomic mass is 16.6. The lowest BCUT2D eigenvalue weighted by Gasteiger charge is -2.14. The van der Waals surface area contributed by atoms with Crippen molar-refractivity contribution in [2.45, 2.75) is 51.9 Å². The van der Waals surface area contributed by atoms with Crippen LogP contribution in [0.25, 0.3) is 11.3 Å². The van der Waals surface area contributed by atoms with E-state index in [1.165, 1.54) is 0 Å². The number of ether oxygens (including phenoxy) is 2. The van der Waals surface area contributed by atoms with Gasteiger partial charge in [-0.25, -0.2) is 9.59 Å². The predicted octanol–water partition coefficient (Wildman–Crippen LogP) is 5.73. The predicted molar refractivity (Wildman–Crippen MR) is 125 cm³/mol. The van der Waals surface area contributed by atoms with Crippen LogP contribution >= 0.6 is 0 Å². The molecule has 0 radical (unpaired) electrons. The lowest BCUT2D eigenvalue weighted by Crippen LogP contribution is -2.24. The van der Waals surface area contributed by atoms with Crippen LogP contribution in [0.2, 0.25) is 0 Å². The molecule has 2 aromatic carbocycles. The Morgan fingerprint density at radius 1 is 1.15 bits per heavy atom. The minimum absolute atomic E-state index is 0.203. The number of aliphatic carboxylic acids is 1. The van der Waals surface area contributed by atoms with Crippen molar-refractivity contribution in [2.75, 3.05) is 5.32 Å². The first-order chi connectivity index (χ1) is 16.4. The summed E-state index contributed by atoms with van der Waals surface area (Å²) in [5.41, 5.74) is 3.40. The molecule has 2 atom stereocenters. The number of carboxylic acids is 1. The third-order valence-electron chi connectivity index (χ3n) is 5.83. The largest absolute Gasteiger partial charge is 0.479 e. The molecule has 1 fully saturated rings. The first kappa shape index (κ1) is 23.5. The molecule has 178 valence electrons. The van der Waals surface area contributed by atoms with Crippen molar-refractivity contribution in [3.63, 3.8) is 0 Å². The van der Waals surface area contributed by atoms with Crippen molar-refractivity contribution in [3.05, 3.63) is 71.4 Å². The van der Waals surface area contributed by atoms with Gasteiger partial charge in [0.1, 0.15) is 17.5 Å². The van der Waals surface area contributed by atoms with Crippen LogP contribution in [-0.2, 0) is 20.9 Å². The molecule has 3 aromatic rings. The molecule has 0 unspecified atom stereocenters. The van der Waals surface area contributed by atoms with Crippen molar-refractivity contribution in [2.24, 2.45) is 5.92 Å². The Morgan fingerprint density at radius 3 is 2.50 bits per heavy atom. The summed E-state index contributed by atoms with van der Waals surface area (Å²) in [5, 5.41) is 16.1. The van der Waals surface area contributed by atoms with Gasteiger partial charge in [0, 0.05) is 5.56 Å². The van der Waals surface area contributed by atoms with Crippen molar-refractivity contribution in [3.8, 4) is 11.3 Å². The number of nitrogens with one attached hydrogen (secondary N) is 1. The van der Waals surface area contributed by atoms with Crippen LogP contribution in [0, 0.1) is 12.8 Å². The molecule has 0 aliphatic heterocycles. The fourth-order valence-corrected chi connectivity index (χ4v) is 3.64. The molecule has 34 heavy (non-hydrogen) atoms. The molecule has 0 bridgehead atoms. The van der Waals surface area contributed by atoms with Gasteiger partial charge in [0.2, 0.25) is 0 Å². The van der Waals surface area contributed by atoms with E-state index in [0.717, 1.165) is 24.0 Å². The smallest absolute Gasteiger partial charge is 0.412 e. The standard InChI is InChI=1S/C26H28N2O6/c1-16-23(27-26(31)33-17(2)20-6-4-3-5-7-20)24(34-28-16)21-12-10-19(11-13-21)15-32-22(25(29)30)14-18-8-9-18/h3-7,10-13,17-18,22H,8-9,14-15H2,1-2H3,(H,27,31)(H,29,30)/t17-,22-/m1/s1. The number of amides is 1. The molecular formula is C26H28N2O6. The summed E-state index contributed by atoms with van der Waals surface area (Å²) < 4.78 is 16.6. The van der Waals surface area contributed by atoms with E-state index in [1.807, 2.05) is 54.6 Å². The zero-order valence-electron chi connectivity index (χ0n) is 19.2. The van der Waals surface area contributed by atoms with E-state index >= 15 is 0 Å². The number of aryl methyl sites for hydroxylation is 1. The molecule has 1 aliphatic rings. The number of anilines is 1. The number of benzene rings is 2. The summed E-state index contributed by atoms with van der Waals surface area (Å²) in [6, 6.07) is 16.8. The maximum absolute atomic E-state index is 12.5. The van der Waals surface area contributed by atoms with E-state index in [1.54, 1.807) is 13.8 Å². The summed E-state index contributed by atoms with van der Waals surface area (Å²) in [7, 11) is 0. The summed E-state index contributed by atoms with van der Waals surface area (Å²) in [5.74, 6) is -0.0530. The van der Waals surface area contributed by atoms with E-state index in [4.69, 9.17) is 14.0 Å². The second kappa shape index (κ2) is 10.5. The van der Waals surface area contributed by atoms with E-state index in [0.29, 0.717) is 35.0 Å². The highest BCUT2D eigenvalue weighted by Crippen LogP contribution is 2.35. The fraction of sp³-hybridized carbons (Fsp3) is 0.346. The zero-order chi connectivity index (χ0) is 24.1. The van der Waals surface area contributed by atoms with Crippen molar-refractivity contribution < 1.29 is 28.7 Å². The highest BCUT2D eigenvalue weighted by Gasteiger charge is 2.29. The number of carbonyl (C=O) groups is 2. The maximum atomic E-state index is 12.5. The molecule has 4 rings (SSSR count). The van der Waals surface area contributed by atoms with Gasteiger partial charge in [-0.1, -0.05) is 72.6 Å². The average molecular weight is 465 g/mol.